The Bertz CT molecular complexity index is 705. The number of piperazine rings is 1. The quantitative estimate of drug-likeness (QED) is 0.653. The normalized spacial score (nSPS) is 17.1. The molecule has 1 atom stereocenters. The van der Waals surface area contributed by atoms with Crippen molar-refractivity contribution >= 4 is 27.4 Å². The minimum atomic E-state index is -3.58. The molecule has 1 fully saturated rings. The molecule has 1 saturated heterocycles. The fourth-order valence-corrected chi connectivity index (χ4v) is 5.37. The van der Waals surface area contributed by atoms with Crippen LogP contribution in [0.5, 0.6) is 0 Å². The molecule has 2 heterocycles. The Hall–Kier alpha value is -1.19. The van der Waals surface area contributed by atoms with Crippen molar-refractivity contribution in [1.29, 1.82) is 0 Å². The van der Waals surface area contributed by atoms with E-state index in [1.807, 2.05) is 0 Å². The van der Waals surface area contributed by atoms with Crippen LogP contribution in [0.1, 0.15) is 51.0 Å². The zero-order valence-corrected chi connectivity index (χ0v) is 18.5. The molecule has 1 aromatic heterocycles. The van der Waals surface area contributed by atoms with E-state index in [0.717, 1.165) is 18.1 Å². The van der Waals surface area contributed by atoms with E-state index in [2.05, 4.69) is 29.2 Å². The predicted molar refractivity (Wildman–Crippen MR) is 110 cm³/mol. The van der Waals surface area contributed by atoms with Crippen LogP contribution in [0, 0.1) is 19.8 Å². The summed E-state index contributed by atoms with van der Waals surface area (Å²) in [6.45, 7) is 10.6. The first-order valence-corrected chi connectivity index (χ1v) is 11.6. The second kappa shape index (κ2) is 9.84. The Morgan fingerprint density at radius 2 is 1.93 bits per heavy atom. The summed E-state index contributed by atoms with van der Waals surface area (Å²) >= 11 is 5.53. The molecule has 2 rings (SSSR count). The summed E-state index contributed by atoms with van der Waals surface area (Å²) in [5.41, 5.74) is 0.407. The molecule has 0 radical (unpaired) electrons. The van der Waals surface area contributed by atoms with Crippen molar-refractivity contribution in [3.8, 4) is 0 Å². The maximum Gasteiger partial charge on any atom is 0.248 e. The Morgan fingerprint density at radius 3 is 2.44 bits per heavy atom. The van der Waals surface area contributed by atoms with Crippen molar-refractivity contribution in [2.75, 3.05) is 32.7 Å². The minimum Gasteiger partial charge on any atom is -0.362 e. The van der Waals surface area contributed by atoms with Gasteiger partial charge in [-0.15, -0.1) is 0 Å². The molecule has 7 nitrogen and oxygen atoms in total. The molecular formula is C18H32N4O3S2. The van der Waals surface area contributed by atoms with Crippen LogP contribution in [0.25, 0.3) is 0 Å². The monoisotopic (exact) mass is 416 g/mol. The molecule has 0 saturated carbocycles. The third kappa shape index (κ3) is 5.42. The third-order valence-electron chi connectivity index (χ3n) is 5.18. The fraction of sp³-hybridized carbons (Fsp3) is 0.778. The number of aromatic nitrogens is 1. The Kier molecular flexibility index (Phi) is 8.05. The van der Waals surface area contributed by atoms with Gasteiger partial charge in [-0.3, -0.25) is 0 Å². The molecule has 0 aliphatic carbocycles. The Balaban J connectivity index is 1.88. The zero-order chi connectivity index (χ0) is 20.0. The van der Waals surface area contributed by atoms with E-state index in [1.165, 1.54) is 23.6 Å². The molecule has 1 aliphatic rings. The van der Waals surface area contributed by atoms with Gasteiger partial charge in [0.25, 0.3) is 0 Å². The van der Waals surface area contributed by atoms with Gasteiger partial charge in [0.2, 0.25) is 10.0 Å². The van der Waals surface area contributed by atoms with Crippen molar-refractivity contribution in [2.24, 2.45) is 5.92 Å². The smallest absolute Gasteiger partial charge is 0.248 e. The molecule has 27 heavy (non-hydrogen) atoms. The predicted octanol–water partition coefficient (Wildman–Crippen LogP) is 2.69. The van der Waals surface area contributed by atoms with Gasteiger partial charge in [0.1, 0.15) is 10.6 Å². The summed E-state index contributed by atoms with van der Waals surface area (Å²) in [5.74, 6) is 0.967. The maximum absolute atomic E-state index is 12.9. The van der Waals surface area contributed by atoms with Gasteiger partial charge in [0, 0.05) is 32.7 Å². The third-order valence-corrected chi connectivity index (χ3v) is 7.72. The highest BCUT2D eigenvalue weighted by atomic mass is 32.2. The first kappa shape index (κ1) is 22.1. The Morgan fingerprint density at radius 1 is 1.26 bits per heavy atom. The molecule has 1 aliphatic heterocycles. The van der Waals surface area contributed by atoms with Crippen molar-refractivity contribution < 1.29 is 12.9 Å². The van der Waals surface area contributed by atoms with Crippen LogP contribution >= 0.6 is 12.2 Å². The maximum atomic E-state index is 12.9. The van der Waals surface area contributed by atoms with Gasteiger partial charge in [0.05, 0.1) is 0 Å². The molecule has 0 unspecified atom stereocenters. The second-order valence-electron chi connectivity index (χ2n) is 7.15. The number of aryl methyl sites for hydroxylation is 2. The number of hydrogen-bond donors (Lipinski definition) is 1. The van der Waals surface area contributed by atoms with Gasteiger partial charge in [-0.2, -0.15) is 4.31 Å². The second-order valence-corrected chi connectivity index (χ2v) is 9.41. The standard InChI is InChI=1S/C18H32N4O3S2/c1-5-7-8-16(6-2)13-19-18(26)21-9-11-22(12-10-21)27(23,24)17-14(3)20-25-15(17)4/h16H,5-13H2,1-4H3,(H,19,26)/t16-/m0/s1. The van der Waals surface area contributed by atoms with Crippen LogP contribution < -0.4 is 5.32 Å². The van der Waals surface area contributed by atoms with Gasteiger partial charge in [-0.25, -0.2) is 8.42 Å². The summed E-state index contributed by atoms with van der Waals surface area (Å²) in [7, 11) is -3.58. The van der Waals surface area contributed by atoms with E-state index in [1.54, 1.807) is 13.8 Å². The number of sulfonamides is 1. The van der Waals surface area contributed by atoms with E-state index in [-0.39, 0.29) is 4.90 Å². The molecule has 1 N–H and O–H groups in total. The lowest BCUT2D eigenvalue weighted by molar-refractivity contribution is 0.262. The minimum absolute atomic E-state index is 0.193. The molecule has 0 bridgehead atoms. The lowest BCUT2D eigenvalue weighted by Gasteiger charge is -2.35. The molecule has 1 aromatic rings. The summed E-state index contributed by atoms with van der Waals surface area (Å²) in [6, 6.07) is 0. The number of nitrogens with zero attached hydrogens (tertiary/aromatic N) is 3. The summed E-state index contributed by atoms with van der Waals surface area (Å²) < 4.78 is 32.3. The first-order chi connectivity index (χ1) is 12.8. The lowest BCUT2D eigenvalue weighted by Crippen LogP contribution is -2.53. The van der Waals surface area contributed by atoms with Gasteiger partial charge in [-0.1, -0.05) is 38.3 Å². The summed E-state index contributed by atoms with van der Waals surface area (Å²) in [4.78, 5) is 2.25. The van der Waals surface area contributed by atoms with Crippen LogP contribution in [-0.2, 0) is 10.0 Å². The van der Waals surface area contributed by atoms with Crippen molar-refractivity contribution in [1.82, 2.24) is 19.7 Å². The van der Waals surface area contributed by atoms with Gasteiger partial charge >= 0.3 is 0 Å². The first-order valence-electron chi connectivity index (χ1n) is 9.77. The highest BCUT2D eigenvalue weighted by Crippen LogP contribution is 2.24. The van der Waals surface area contributed by atoms with Crippen molar-refractivity contribution in [3.05, 3.63) is 11.5 Å². The number of unbranched alkanes of at least 4 members (excludes halogenated alkanes) is 1. The molecule has 154 valence electrons. The lowest BCUT2D eigenvalue weighted by atomic mass is 9.99. The van der Waals surface area contributed by atoms with Gasteiger partial charge < -0.3 is 14.7 Å². The van der Waals surface area contributed by atoms with E-state index in [9.17, 15) is 8.42 Å². The van der Waals surface area contributed by atoms with Crippen LogP contribution in [0.3, 0.4) is 0 Å². The van der Waals surface area contributed by atoms with Crippen LogP contribution in [0.4, 0.5) is 0 Å². The molecular weight excluding hydrogens is 384 g/mol. The molecule has 0 amide bonds. The zero-order valence-electron chi connectivity index (χ0n) is 16.8. The van der Waals surface area contributed by atoms with Crippen molar-refractivity contribution in [3.63, 3.8) is 0 Å². The Labute approximate surface area is 168 Å². The number of hydrogen-bond acceptors (Lipinski definition) is 5. The molecule has 0 aromatic carbocycles. The van der Waals surface area contributed by atoms with Crippen molar-refractivity contribution in [2.45, 2.75) is 58.3 Å². The van der Waals surface area contributed by atoms with Crippen LogP contribution in [-0.4, -0.2) is 60.6 Å². The van der Waals surface area contributed by atoms with E-state index in [0.29, 0.717) is 43.6 Å². The average molecular weight is 417 g/mol. The van der Waals surface area contributed by atoms with E-state index < -0.39 is 10.0 Å². The number of thiocarbonyl (C=S) groups is 1. The molecule has 9 heteroatoms. The SMILES string of the molecule is CCCC[C@H](CC)CNC(=S)N1CCN(S(=O)(=O)c2c(C)noc2C)CC1. The topological polar surface area (TPSA) is 78.7 Å². The van der Waals surface area contributed by atoms with E-state index in [4.69, 9.17) is 16.7 Å². The highest BCUT2D eigenvalue weighted by molar-refractivity contribution is 7.89. The fourth-order valence-electron chi connectivity index (χ4n) is 3.39. The number of rotatable bonds is 8. The van der Waals surface area contributed by atoms with Crippen LogP contribution in [0.2, 0.25) is 0 Å². The van der Waals surface area contributed by atoms with Gasteiger partial charge in [0.15, 0.2) is 10.9 Å². The summed E-state index contributed by atoms with van der Waals surface area (Å²) in [6.07, 6.45) is 4.80. The van der Waals surface area contributed by atoms with Crippen LogP contribution in [0.15, 0.2) is 9.42 Å². The largest absolute Gasteiger partial charge is 0.362 e. The highest BCUT2D eigenvalue weighted by Gasteiger charge is 2.33. The van der Waals surface area contributed by atoms with E-state index >= 15 is 0 Å². The summed E-state index contributed by atoms with van der Waals surface area (Å²) in [5, 5.41) is 7.87. The average Bonchev–Trinajstić information content (AvgIpc) is 3.00. The number of nitrogens with one attached hydrogen (secondary N) is 1. The molecule has 0 spiro atoms. The van der Waals surface area contributed by atoms with Gasteiger partial charge in [-0.05, 0) is 38.4 Å².